The first-order valence-corrected chi connectivity index (χ1v) is 5.74. The van der Waals surface area contributed by atoms with Gasteiger partial charge in [-0.1, -0.05) is 11.6 Å². The predicted molar refractivity (Wildman–Crippen MR) is 69.0 cm³/mol. The average molecular weight is 281 g/mol. The number of aryl methyl sites for hydroxylation is 1. The fourth-order valence-electron chi connectivity index (χ4n) is 1.47. The van der Waals surface area contributed by atoms with E-state index in [2.05, 4.69) is 4.98 Å². The van der Waals surface area contributed by atoms with Crippen LogP contribution in [0.4, 0.5) is 4.39 Å². The summed E-state index contributed by atoms with van der Waals surface area (Å²) in [5.74, 6) is -1.08. The summed E-state index contributed by atoms with van der Waals surface area (Å²) in [5, 5.41) is -0.0145. The molecule has 98 valence electrons. The normalized spacial score (nSPS) is 10.3. The molecular weight excluding hydrogens is 271 g/mol. The smallest absolute Gasteiger partial charge is 0.254 e. The molecule has 2 N–H and O–H groups in total. The molecule has 1 amide bonds. The highest BCUT2D eigenvalue weighted by Gasteiger charge is 2.13. The number of nitrogens with two attached hydrogens (primary N) is 1. The minimum atomic E-state index is -0.666. The van der Waals surface area contributed by atoms with E-state index in [0.717, 1.165) is 11.6 Å². The number of pyridine rings is 1. The number of nitrogens with zero attached hydrogens (tertiary/aromatic N) is 1. The van der Waals surface area contributed by atoms with Crippen molar-refractivity contribution in [3.05, 3.63) is 52.4 Å². The van der Waals surface area contributed by atoms with E-state index < -0.39 is 11.7 Å². The highest BCUT2D eigenvalue weighted by Crippen LogP contribution is 2.26. The summed E-state index contributed by atoms with van der Waals surface area (Å²) in [4.78, 5) is 15.3. The van der Waals surface area contributed by atoms with Gasteiger partial charge in [-0.15, -0.1) is 0 Å². The van der Waals surface area contributed by atoms with E-state index in [1.807, 2.05) is 0 Å². The Morgan fingerprint density at radius 3 is 2.79 bits per heavy atom. The summed E-state index contributed by atoms with van der Waals surface area (Å²) in [6.07, 6.45) is 1.52. The van der Waals surface area contributed by atoms with Crippen molar-refractivity contribution >= 4 is 17.5 Å². The molecule has 2 rings (SSSR count). The lowest BCUT2D eigenvalue weighted by Gasteiger charge is -2.09. The first-order valence-electron chi connectivity index (χ1n) is 5.36. The number of hydrogen-bond donors (Lipinski definition) is 1. The Balaban J connectivity index is 2.37. The Kier molecular flexibility index (Phi) is 3.66. The van der Waals surface area contributed by atoms with Crippen LogP contribution < -0.4 is 10.5 Å². The molecule has 0 unspecified atom stereocenters. The van der Waals surface area contributed by atoms with Crippen molar-refractivity contribution in [2.24, 2.45) is 5.73 Å². The molecule has 6 heteroatoms. The number of carbonyl (C=O) groups excluding carboxylic acids is 1. The van der Waals surface area contributed by atoms with Gasteiger partial charge in [0.15, 0.2) is 0 Å². The van der Waals surface area contributed by atoms with Crippen molar-refractivity contribution in [2.75, 3.05) is 0 Å². The second-order valence-corrected chi connectivity index (χ2v) is 4.31. The standard InChI is InChI=1S/C13H10ClFN2O2/c1-7-4-9(12(16)18)13(17-6-7)19-8-2-3-10(14)11(15)5-8/h2-6H,1H3,(H2,16,18). The van der Waals surface area contributed by atoms with Gasteiger partial charge < -0.3 is 10.5 Å². The predicted octanol–water partition coefficient (Wildman–Crippen LogP) is 3.07. The number of carbonyl (C=O) groups is 1. The summed E-state index contributed by atoms with van der Waals surface area (Å²) in [5.41, 5.74) is 6.14. The minimum absolute atomic E-state index is 0.0145. The highest BCUT2D eigenvalue weighted by atomic mass is 35.5. The van der Waals surface area contributed by atoms with E-state index >= 15 is 0 Å². The molecule has 0 aliphatic heterocycles. The molecule has 0 spiro atoms. The van der Waals surface area contributed by atoms with Crippen LogP contribution in [0.5, 0.6) is 11.6 Å². The van der Waals surface area contributed by atoms with Crippen molar-refractivity contribution in [3.8, 4) is 11.6 Å². The van der Waals surface area contributed by atoms with Crippen LogP contribution >= 0.6 is 11.6 Å². The molecule has 0 aliphatic rings. The van der Waals surface area contributed by atoms with Crippen LogP contribution in [0, 0.1) is 12.7 Å². The molecule has 19 heavy (non-hydrogen) atoms. The fraction of sp³-hybridized carbons (Fsp3) is 0.0769. The third kappa shape index (κ3) is 3.00. The SMILES string of the molecule is Cc1cnc(Oc2ccc(Cl)c(F)c2)c(C(N)=O)c1. The molecule has 0 aliphatic carbocycles. The van der Waals surface area contributed by atoms with Crippen molar-refractivity contribution < 1.29 is 13.9 Å². The molecule has 4 nitrogen and oxygen atoms in total. The lowest BCUT2D eigenvalue weighted by atomic mass is 10.2. The number of amides is 1. The maximum absolute atomic E-state index is 13.3. The van der Waals surface area contributed by atoms with Crippen LogP contribution in [0.25, 0.3) is 0 Å². The van der Waals surface area contributed by atoms with Crippen LogP contribution in [0.1, 0.15) is 15.9 Å². The average Bonchev–Trinajstić information content (AvgIpc) is 2.36. The molecule has 0 atom stereocenters. The van der Waals surface area contributed by atoms with Crippen LogP contribution in [0.2, 0.25) is 5.02 Å². The number of hydrogen-bond acceptors (Lipinski definition) is 3. The second-order valence-electron chi connectivity index (χ2n) is 3.91. The maximum Gasteiger partial charge on any atom is 0.254 e. The van der Waals surface area contributed by atoms with E-state index in [0.29, 0.717) is 0 Å². The Bertz CT molecular complexity index is 647. The van der Waals surface area contributed by atoms with Gasteiger partial charge in [0.2, 0.25) is 5.88 Å². The Labute approximate surface area is 114 Å². The molecule has 1 aromatic heterocycles. The Morgan fingerprint density at radius 1 is 1.42 bits per heavy atom. The molecule has 0 saturated heterocycles. The van der Waals surface area contributed by atoms with E-state index in [4.69, 9.17) is 22.1 Å². The van der Waals surface area contributed by atoms with Gasteiger partial charge in [-0.3, -0.25) is 4.79 Å². The third-order valence-electron chi connectivity index (χ3n) is 2.36. The van der Waals surface area contributed by atoms with Gasteiger partial charge in [0.1, 0.15) is 17.1 Å². The van der Waals surface area contributed by atoms with Crippen LogP contribution in [-0.2, 0) is 0 Å². The number of rotatable bonds is 3. The molecular formula is C13H10ClFN2O2. The van der Waals surface area contributed by atoms with Crippen molar-refractivity contribution in [1.82, 2.24) is 4.98 Å². The first kappa shape index (κ1) is 13.3. The monoisotopic (exact) mass is 280 g/mol. The number of halogens is 2. The van der Waals surface area contributed by atoms with Gasteiger partial charge in [0, 0.05) is 12.3 Å². The second kappa shape index (κ2) is 5.24. The Hall–Kier alpha value is -2.14. The van der Waals surface area contributed by atoms with Crippen LogP contribution in [0.3, 0.4) is 0 Å². The number of aromatic nitrogens is 1. The molecule has 1 heterocycles. The highest BCUT2D eigenvalue weighted by molar-refractivity contribution is 6.30. The molecule has 0 fully saturated rings. The molecule has 1 aromatic carbocycles. The summed E-state index contributed by atoms with van der Waals surface area (Å²) in [6, 6.07) is 5.48. The molecule has 0 bridgehead atoms. The summed E-state index contributed by atoms with van der Waals surface area (Å²) in [6.45, 7) is 1.77. The number of benzene rings is 1. The first-order chi connectivity index (χ1) is 8.97. The van der Waals surface area contributed by atoms with Crippen molar-refractivity contribution in [1.29, 1.82) is 0 Å². The summed E-state index contributed by atoms with van der Waals surface area (Å²) >= 11 is 5.57. The lowest BCUT2D eigenvalue weighted by Crippen LogP contribution is -2.13. The zero-order valence-corrected chi connectivity index (χ0v) is 10.7. The quantitative estimate of drug-likeness (QED) is 0.939. The molecule has 0 saturated carbocycles. The van der Waals surface area contributed by atoms with Gasteiger partial charge in [-0.05, 0) is 30.7 Å². The largest absolute Gasteiger partial charge is 0.438 e. The lowest BCUT2D eigenvalue weighted by molar-refractivity contribution is 0.0997. The van der Waals surface area contributed by atoms with Crippen LogP contribution in [0.15, 0.2) is 30.5 Å². The summed E-state index contributed by atoms with van der Waals surface area (Å²) in [7, 11) is 0. The Morgan fingerprint density at radius 2 is 2.16 bits per heavy atom. The summed E-state index contributed by atoms with van der Waals surface area (Å²) < 4.78 is 18.6. The van der Waals surface area contributed by atoms with E-state index in [-0.39, 0.29) is 22.2 Å². The van der Waals surface area contributed by atoms with Gasteiger partial charge in [-0.25, -0.2) is 9.37 Å². The third-order valence-corrected chi connectivity index (χ3v) is 2.67. The van der Waals surface area contributed by atoms with Gasteiger partial charge in [-0.2, -0.15) is 0 Å². The van der Waals surface area contributed by atoms with E-state index in [9.17, 15) is 9.18 Å². The van der Waals surface area contributed by atoms with Gasteiger partial charge in [0.05, 0.1) is 5.02 Å². The number of primary amides is 1. The minimum Gasteiger partial charge on any atom is -0.438 e. The molecule has 0 radical (unpaired) electrons. The fourth-order valence-corrected chi connectivity index (χ4v) is 1.58. The zero-order valence-electron chi connectivity index (χ0n) is 9.98. The van der Waals surface area contributed by atoms with E-state index in [1.54, 1.807) is 13.0 Å². The van der Waals surface area contributed by atoms with Crippen LogP contribution in [-0.4, -0.2) is 10.9 Å². The van der Waals surface area contributed by atoms with Crippen molar-refractivity contribution in [3.63, 3.8) is 0 Å². The van der Waals surface area contributed by atoms with Gasteiger partial charge in [0.25, 0.3) is 5.91 Å². The van der Waals surface area contributed by atoms with E-state index in [1.165, 1.54) is 18.3 Å². The topological polar surface area (TPSA) is 65.2 Å². The zero-order chi connectivity index (χ0) is 14.0. The maximum atomic E-state index is 13.3. The molecule has 2 aromatic rings. The van der Waals surface area contributed by atoms with Gasteiger partial charge >= 0.3 is 0 Å². The van der Waals surface area contributed by atoms with Crippen molar-refractivity contribution in [2.45, 2.75) is 6.92 Å². The number of ether oxygens (including phenoxy) is 1.